The number of hydrogen-bond donors (Lipinski definition) is 0. The minimum Gasteiger partial charge on any atom is -0.545 e. The fraction of sp³-hybridized carbons (Fsp3) is 0.662. The summed E-state index contributed by atoms with van der Waals surface area (Å²) in [5, 5.41) is 11.8. The number of carbonyl (C=O) groups excluding carboxylic acids is 3. The van der Waals surface area contributed by atoms with Crippen molar-refractivity contribution in [1.29, 1.82) is 0 Å². The summed E-state index contributed by atoms with van der Waals surface area (Å²) in [5.74, 6) is -2.33. The van der Waals surface area contributed by atoms with Crippen molar-refractivity contribution in [2.24, 2.45) is 0 Å². The van der Waals surface area contributed by atoms with Crippen molar-refractivity contribution in [3.8, 4) is 0 Å². The molecule has 0 aromatic heterocycles. The van der Waals surface area contributed by atoms with Crippen molar-refractivity contribution in [2.75, 3.05) is 47.5 Å². The molecule has 0 aliphatic carbocycles. The second-order valence-corrected chi connectivity index (χ2v) is 24.8. The van der Waals surface area contributed by atoms with Gasteiger partial charge in [-0.3, -0.25) is 9.59 Å². The largest absolute Gasteiger partial charge is 0.545 e. The molecule has 9 heteroatoms. The predicted octanol–water partition coefficient (Wildman–Crippen LogP) is 21.4. The summed E-state index contributed by atoms with van der Waals surface area (Å²) in [4.78, 5) is 37.5. The molecule has 2 atom stereocenters. The topological polar surface area (TPSA) is 111 Å². The summed E-state index contributed by atoms with van der Waals surface area (Å²) in [6.45, 7) is 4.49. The van der Waals surface area contributed by atoms with E-state index in [0.717, 1.165) is 116 Å². The third-order valence-electron chi connectivity index (χ3n) is 15.1. The van der Waals surface area contributed by atoms with Crippen LogP contribution >= 0.6 is 0 Å². The first-order valence-electron chi connectivity index (χ1n) is 36.0. The van der Waals surface area contributed by atoms with E-state index in [2.05, 4.69) is 160 Å². The molecule has 0 aromatic rings. The van der Waals surface area contributed by atoms with E-state index in [0.29, 0.717) is 17.4 Å². The number of esters is 2. The molecule has 0 rings (SSSR count). The number of aliphatic carboxylic acids is 1. The lowest BCUT2D eigenvalue weighted by Gasteiger charge is -2.26. The van der Waals surface area contributed by atoms with Gasteiger partial charge < -0.3 is 33.3 Å². The van der Waals surface area contributed by atoms with Gasteiger partial charge in [0.2, 0.25) is 0 Å². The molecule has 0 saturated heterocycles. The van der Waals surface area contributed by atoms with Crippen molar-refractivity contribution >= 4 is 17.9 Å². The fourth-order valence-electron chi connectivity index (χ4n) is 9.66. The van der Waals surface area contributed by atoms with E-state index in [-0.39, 0.29) is 38.6 Å². The molecule has 0 aliphatic heterocycles. The Labute approximate surface area is 547 Å². The minimum absolute atomic E-state index is 0.135. The van der Waals surface area contributed by atoms with E-state index in [1.54, 1.807) is 0 Å². The van der Waals surface area contributed by atoms with Crippen LogP contribution in [0.15, 0.2) is 146 Å². The van der Waals surface area contributed by atoms with Crippen molar-refractivity contribution in [2.45, 2.75) is 296 Å². The summed E-state index contributed by atoms with van der Waals surface area (Å²) in [6, 6.07) is 0. The van der Waals surface area contributed by atoms with Crippen molar-refractivity contribution in [3.63, 3.8) is 0 Å². The molecule has 0 amide bonds. The van der Waals surface area contributed by atoms with Crippen LogP contribution in [-0.4, -0.2) is 82.3 Å². The molecule has 0 saturated carbocycles. The lowest BCUT2D eigenvalue weighted by atomic mass is 10.0. The quantitative estimate of drug-likeness (QED) is 0.0195. The summed E-state index contributed by atoms with van der Waals surface area (Å²) >= 11 is 0. The Hall–Kier alpha value is -4.83. The molecule has 0 bridgehead atoms. The number of quaternary nitrogens is 1. The molecule has 2 unspecified atom stereocenters. The van der Waals surface area contributed by atoms with Gasteiger partial charge in [-0.25, -0.2) is 0 Å². The zero-order valence-electron chi connectivity index (χ0n) is 57.8. The summed E-state index contributed by atoms with van der Waals surface area (Å²) in [5.41, 5.74) is 0. The highest BCUT2D eigenvalue weighted by Gasteiger charge is 2.22. The van der Waals surface area contributed by atoms with Gasteiger partial charge in [-0.1, -0.05) is 301 Å². The first-order valence-corrected chi connectivity index (χ1v) is 36.0. The van der Waals surface area contributed by atoms with Gasteiger partial charge >= 0.3 is 11.9 Å². The number of nitrogens with zero attached hydrogens (tertiary/aromatic N) is 1. The van der Waals surface area contributed by atoms with E-state index < -0.39 is 24.3 Å². The highest BCUT2D eigenvalue weighted by Crippen LogP contribution is 2.17. The van der Waals surface area contributed by atoms with Crippen LogP contribution < -0.4 is 5.11 Å². The highest BCUT2D eigenvalue weighted by molar-refractivity contribution is 5.70. The third kappa shape index (κ3) is 70.5. The zero-order valence-corrected chi connectivity index (χ0v) is 57.8. The smallest absolute Gasteiger partial charge is 0.306 e. The van der Waals surface area contributed by atoms with E-state index in [9.17, 15) is 19.5 Å². The first-order chi connectivity index (χ1) is 43.6. The van der Waals surface area contributed by atoms with Gasteiger partial charge in [0.15, 0.2) is 12.4 Å². The maximum Gasteiger partial charge on any atom is 0.306 e. The van der Waals surface area contributed by atoms with Gasteiger partial charge in [-0.05, 0) is 116 Å². The van der Waals surface area contributed by atoms with Crippen LogP contribution in [0.1, 0.15) is 284 Å². The van der Waals surface area contributed by atoms with Gasteiger partial charge in [0.05, 0.1) is 40.3 Å². The Bertz CT molecular complexity index is 1970. The van der Waals surface area contributed by atoms with Crippen LogP contribution in [0.4, 0.5) is 0 Å². The summed E-state index contributed by atoms with van der Waals surface area (Å²) in [7, 11) is 5.91. The molecule has 0 N–H and O–H groups in total. The molecule has 0 aliphatic rings. The molecule has 89 heavy (non-hydrogen) atoms. The maximum atomic E-state index is 12.9. The maximum absolute atomic E-state index is 12.9. The third-order valence-corrected chi connectivity index (χ3v) is 15.1. The molecule has 0 radical (unpaired) electrons. The van der Waals surface area contributed by atoms with Gasteiger partial charge in [0.1, 0.15) is 13.2 Å². The molecular formula is C80H133NO8. The van der Waals surface area contributed by atoms with Crippen LogP contribution in [0.5, 0.6) is 0 Å². The second kappa shape index (κ2) is 69.1. The Morgan fingerprint density at radius 2 is 0.607 bits per heavy atom. The number of likely N-dealkylation sites (N-methyl/N-ethyl adjacent to an activating group) is 1. The Kier molecular flexibility index (Phi) is 65.3. The predicted molar refractivity (Wildman–Crippen MR) is 379 cm³/mol. The molecule has 9 nitrogen and oxygen atoms in total. The number of carbonyl (C=O) groups is 3. The average molecular weight is 1240 g/mol. The van der Waals surface area contributed by atoms with Gasteiger partial charge in [-0.15, -0.1) is 0 Å². The normalized spacial score (nSPS) is 13.6. The van der Waals surface area contributed by atoms with Crippen molar-refractivity contribution < 1.29 is 42.9 Å². The summed E-state index contributed by atoms with van der Waals surface area (Å²) in [6.07, 6.45) is 98.0. The SMILES string of the molecule is CC/C=C\C/C=C\C/C=C\C/C=C\C/C=C\C/C=C\C/C=C\CCCCCC(=O)OC(COC(=O)CCCCCCCCCCCCCCCCCCCCCCCCC/C=C\C/C=C\C/C=C\C/C=C\C/C=C\CC)COC(OCC[N+](C)(C)C)C(=O)[O-]. The van der Waals surface area contributed by atoms with Gasteiger partial charge in [-0.2, -0.15) is 0 Å². The number of hydrogen-bond acceptors (Lipinski definition) is 8. The number of allylic oxidation sites excluding steroid dienone is 24. The minimum atomic E-state index is -1.64. The molecule has 0 heterocycles. The molecule has 0 aromatic carbocycles. The second-order valence-electron chi connectivity index (χ2n) is 24.8. The van der Waals surface area contributed by atoms with Crippen LogP contribution in [0.3, 0.4) is 0 Å². The number of rotatable bonds is 65. The van der Waals surface area contributed by atoms with E-state index in [1.807, 2.05) is 21.1 Å². The Balaban J connectivity index is 4.09. The van der Waals surface area contributed by atoms with Crippen LogP contribution in [-0.2, 0) is 33.3 Å². The zero-order chi connectivity index (χ0) is 64.7. The van der Waals surface area contributed by atoms with Crippen LogP contribution in [0.25, 0.3) is 0 Å². The summed E-state index contributed by atoms with van der Waals surface area (Å²) < 4.78 is 22.8. The van der Waals surface area contributed by atoms with Crippen molar-refractivity contribution in [3.05, 3.63) is 146 Å². The molecule has 506 valence electrons. The Morgan fingerprint density at radius 1 is 0.337 bits per heavy atom. The molecule has 0 spiro atoms. The van der Waals surface area contributed by atoms with E-state index in [4.69, 9.17) is 18.9 Å². The standard InChI is InChI=1S/C80H133NO8/c1-6-8-10-12-14-16-18-20-22-24-26-28-30-32-33-34-35-36-37-38-39-40-41-42-43-44-45-47-48-50-52-54-56-58-60-62-64-66-68-70-77(82)87-74-76(75-88-80(79(84)85)86-73-72-81(3,4)5)89-78(83)71-69-67-65-63-61-59-57-55-53-51-49-46-31-29-27-25-23-21-19-17-15-13-11-9-7-2/h8-11,14-17,20-23,26-29,32-33,46,49,53,55,59,61,76,80H,6-7,12-13,18-19,24-25,30-31,34-45,47-48,50-52,54,56-58,60,62-75H2,1-5H3/b10-8-,11-9-,16-14-,17-15-,22-20-,23-21-,28-26-,29-27-,33-32-,49-46-,55-53-,61-59-. The number of carboxylic acid groups (broad SMARTS) is 1. The van der Waals surface area contributed by atoms with Crippen molar-refractivity contribution in [1.82, 2.24) is 0 Å². The average Bonchev–Trinajstić information content (AvgIpc) is 3.64. The fourth-order valence-corrected chi connectivity index (χ4v) is 9.66. The lowest BCUT2D eigenvalue weighted by Crippen LogP contribution is -2.44. The van der Waals surface area contributed by atoms with Crippen LogP contribution in [0.2, 0.25) is 0 Å². The van der Waals surface area contributed by atoms with Gasteiger partial charge in [0, 0.05) is 12.8 Å². The number of unbranched alkanes of at least 4 members (excludes halogenated alkanes) is 26. The van der Waals surface area contributed by atoms with E-state index in [1.165, 1.54) is 135 Å². The number of carboxylic acids is 1. The van der Waals surface area contributed by atoms with E-state index >= 15 is 0 Å². The van der Waals surface area contributed by atoms with Crippen LogP contribution in [0, 0.1) is 0 Å². The molecular weight excluding hydrogens is 1100 g/mol. The monoisotopic (exact) mass is 1240 g/mol. The lowest BCUT2D eigenvalue weighted by molar-refractivity contribution is -0.870. The Morgan fingerprint density at radius 3 is 0.910 bits per heavy atom. The first kappa shape index (κ1) is 84.2. The van der Waals surface area contributed by atoms with Gasteiger partial charge in [0.25, 0.3) is 0 Å². The molecule has 0 fully saturated rings. The highest BCUT2D eigenvalue weighted by atomic mass is 16.7. The number of ether oxygens (including phenoxy) is 4.